The van der Waals surface area contributed by atoms with Crippen LogP contribution in [0.1, 0.15) is 77.4 Å². The number of alkyl carbamates (subject to hydrolysis) is 1. The van der Waals surface area contributed by atoms with Crippen LogP contribution in [0.4, 0.5) is 10.7 Å². The first kappa shape index (κ1) is 32.0. The molecule has 0 spiro atoms. The lowest BCUT2D eigenvalue weighted by molar-refractivity contribution is 0.0522. The van der Waals surface area contributed by atoms with Crippen LogP contribution < -0.4 is 10.2 Å². The van der Waals surface area contributed by atoms with Gasteiger partial charge in [-0.2, -0.15) is 0 Å². The van der Waals surface area contributed by atoms with Gasteiger partial charge >= 0.3 is 6.09 Å². The number of nitrogens with one attached hydrogen (secondary N) is 1. The van der Waals surface area contributed by atoms with Crippen LogP contribution in [0.15, 0.2) is 42.6 Å². The first-order valence-electron chi connectivity index (χ1n) is 14.6. The third kappa shape index (κ3) is 7.90. The Morgan fingerprint density at radius 1 is 1.07 bits per heavy atom. The molecule has 1 N–H and O–H groups in total. The number of piperidine rings is 1. The van der Waals surface area contributed by atoms with E-state index in [-0.39, 0.29) is 11.6 Å². The summed E-state index contributed by atoms with van der Waals surface area (Å²) in [7, 11) is -2.04. The number of hydrogen-bond acceptors (Lipinski definition) is 7. The average Bonchev–Trinajstić information content (AvgIpc) is 3.33. The van der Waals surface area contributed by atoms with Crippen molar-refractivity contribution >= 4 is 32.0 Å². The first-order valence-corrected chi connectivity index (χ1v) is 17.9. The molecular formula is C31H45ClN6O3Si. The number of amides is 1. The zero-order valence-corrected chi connectivity index (χ0v) is 28.0. The van der Waals surface area contributed by atoms with Crippen molar-refractivity contribution in [3.8, 4) is 5.69 Å². The number of benzene rings is 1. The van der Waals surface area contributed by atoms with Gasteiger partial charge in [0, 0.05) is 41.5 Å². The van der Waals surface area contributed by atoms with Gasteiger partial charge in [-0.3, -0.25) is 9.55 Å². The van der Waals surface area contributed by atoms with Crippen molar-refractivity contribution < 1.29 is 14.0 Å². The summed E-state index contributed by atoms with van der Waals surface area (Å²) in [5, 5.41) is 12.7. The summed E-state index contributed by atoms with van der Waals surface area (Å²) >= 11 is 6.51. The van der Waals surface area contributed by atoms with Gasteiger partial charge in [-0.05, 0) is 82.1 Å². The summed E-state index contributed by atoms with van der Waals surface area (Å²) < 4.78 is 14.1. The van der Waals surface area contributed by atoms with Gasteiger partial charge in [0.1, 0.15) is 5.60 Å². The van der Waals surface area contributed by atoms with Crippen molar-refractivity contribution in [1.82, 2.24) is 25.1 Å². The van der Waals surface area contributed by atoms with E-state index in [4.69, 9.17) is 20.8 Å². The minimum atomic E-state index is -2.04. The minimum absolute atomic E-state index is 0.0634. The summed E-state index contributed by atoms with van der Waals surface area (Å²) in [6.45, 7) is 18.8. The number of nitrogens with zero attached hydrogens (tertiary/aromatic N) is 5. The monoisotopic (exact) mass is 612 g/mol. The van der Waals surface area contributed by atoms with Crippen molar-refractivity contribution in [2.24, 2.45) is 0 Å². The van der Waals surface area contributed by atoms with E-state index in [9.17, 15) is 4.79 Å². The lowest BCUT2D eigenvalue weighted by Gasteiger charge is -2.36. The third-order valence-corrected chi connectivity index (χ3v) is 12.8. The zero-order chi connectivity index (χ0) is 30.7. The van der Waals surface area contributed by atoms with Gasteiger partial charge in [0.05, 0.1) is 18.8 Å². The Hall–Kier alpha value is -2.95. The fraction of sp³-hybridized carbons (Fsp3) is 0.548. The quantitative estimate of drug-likeness (QED) is 0.268. The van der Waals surface area contributed by atoms with E-state index in [0.29, 0.717) is 23.4 Å². The fourth-order valence-corrected chi connectivity index (χ4v) is 5.84. The Morgan fingerprint density at radius 2 is 1.79 bits per heavy atom. The maximum absolute atomic E-state index is 12.5. The second-order valence-corrected chi connectivity index (χ2v) is 18.7. The largest absolute Gasteiger partial charge is 0.444 e. The third-order valence-electron chi connectivity index (χ3n) is 8.06. The van der Waals surface area contributed by atoms with E-state index in [1.54, 1.807) is 0 Å². The molecule has 2 aromatic heterocycles. The highest BCUT2D eigenvalue weighted by atomic mass is 35.5. The number of anilines is 1. The molecule has 11 heteroatoms. The van der Waals surface area contributed by atoms with Crippen molar-refractivity contribution in [1.29, 1.82) is 0 Å². The number of carbonyl (C=O) groups excluding carboxylic acids is 1. The number of carbonyl (C=O) groups is 1. The molecule has 1 fully saturated rings. The molecule has 1 saturated heterocycles. The number of halogens is 1. The van der Waals surface area contributed by atoms with Crippen LogP contribution in [0.2, 0.25) is 23.2 Å². The molecule has 4 rings (SSSR count). The van der Waals surface area contributed by atoms with Gasteiger partial charge in [0.15, 0.2) is 14.1 Å². The molecule has 0 saturated carbocycles. The standard InChI is InChI=1S/C31H45ClN6O3Si/c1-30(2,3)41-29(39)34-20-27-35-36-28(37-17-14-22(15-18-37)25-11-9-10-16-33-25)38(27)26-13-12-24(32)19-23(26)21-40-42(7,8)31(4,5)6/h9-13,16,19,22H,14-15,17-18,20-21H2,1-8H3,(H,34,39). The molecule has 0 radical (unpaired) electrons. The van der Waals surface area contributed by atoms with Crippen molar-refractivity contribution in [2.45, 2.75) is 97.2 Å². The molecule has 1 amide bonds. The Balaban J connectivity index is 1.67. The van der Waals surface area contributed by atoms with E-state index < -0.39 is 20.0 Å². The molecular weight excluding hydrogens is 568 g/mol. The van der Waals surface area contributed by atoms with Gasteiger partial charge in [-0.1, -0.05) is 38.4 Å². The summed E-state index contributed by atoms with van der Waals surface area (Å²) in [5.41, 5.74) is 2.34. The normalized spacial score (nSPS) is 15.1. The molecule has 228 valence electrons. The van der Waals surface area contributed by atoms with Crippen LogP contribution in [0.5, 0.6) is 0 Å². The topological polar surface area (TPSA) is 94.4 Å². The second kappa shape index (κ2) is 12.7. The van der Waals surface area contributed by atoms with E-state index in [1.165, 1.54) is 0 Å². The SMILES string of the molecule is CC(C)(C)OC(=O)NCc1nnc(N2CCC(c3ccccn3)CC2)n1-c1ccc(Cl)cc1CO[Si](C)(C)C(C)(C)C. The lowest BCUT2D eigenvalue weighted by Crippen LogP contribution is -2.40. The van der Waals surface area contributed by atoms with Gasteiger partial charge in [0.2, 0.25) is 5.95 Å². The maximum atomic E-state index is 12.5. The molecule has 0 unspecified atom stereocenters. The molecule has 0 atom stereocenters. The van der Waals surface area contributed by atoms with Crippen LogP contribution in [-0.2, 0) is 22.3 Å². The Labute approximate surface area is 256 Å². The second-order valence-electron chi connectivity index (χ2n) is 13.4. The van der Waals surface area contributed by atoms with Crippen LogP contribution in [0.25, 0.3) is 5.69 Å². The highest BCUT2D eigenvalue weighted by Crippen LogP contribution is 2.38. The van der Waals surface area contributed by atoms with Crippen molar-refractivity contribution in [3.05, 3.63) is 64.7 Å². The van der Waals surface area contributed by atoms with Gasteiger partial charge in [-0.15, -0.1) is 10.2 Å². The Bertz CT molecular complexity index is 1360. The van der Waals surface area contributed by atoms with Crippen molar-refractivity contribution in [2.75, 3.05) is 18.0 Å². The Morgan fingerprint density at radius 3 is 2.40 bits per heavy atom. The predicted octanol–water partition coefficient (Wildman–Crippen LogP) is 7.25. The molecule has 9 nitrogen and oxygen atoms in total. The van der Waals surface area contributed by atoms with Crippen LogP contribution in [0, 0.1) is 0 Å². The van der Waals surface area contributed by atoms with E-state index in [0.717, 1.165) is 48.8 Å². The highest BCUT2D eigenvalue weighted by molar-refractivity contribution is 6.74. The summed E-state index contributed by atoms with van der Waals surface area (Å²) in [5.74, 6) is 1.72. The molecule has 42 heavy (non-hydrogen) atoms. The highest BCUT2D eigenvalue weighted by Gasteiger charge is 2.37. The number of hydrogen-bond donors (Lipinski definition) is 1. The number of rotatable bonds is 8. The van der Waals surface area contributed by atoms with E-state index >= 15 is 0 Å². The molecule has 0 aliphatic carbocycles. The van der Waals surface area contributed by atoms with Gasteiger partial charge in [-0.25, -0.2) is 4.79 Å². The zero-order valence-electron chi connectivity index (χ0n) is 26.2. The number of aromatic nitrogens is 4. The van der Waals surface area contributed by atoms with Crippen LogP contribution >= 0.6 is 11.6 Å². The smallest absolute Gasteiger partial charge is 0.408 e. The van der Waals surface area contributed by atoms with Gasteiger partial charge < -0.3 is 19.4 Å². The maximum Gasteiger partial charge on any atom is 0.408 e. The number of pyridine rings is 1. The predicted molar refractivity (Wildman–Crippen MR) is 170 cm³/mol. The number of ether oxygens (including phenoxy) is 1. The molecule has 3 aromatic rings. The molecule has 1 aliphatic rings. The fourth-order valence-electron chi connectivity index (χ4n) is 4.69. The summed E-state index contributed by atoms with van der Waals surface area (Å²) in [4.78, 5) is 19.4. The van der Waals surface area contributed by atoms with E-state index in [1.807, 2.05) is 61.9 Å². The lowest BCUT2D eigenvalue weighted by atomic mass is 9.93. The van der Waals surface area contributed by atoms with Crippen LogP contribution in [0.3, 0.4) is 0 Å². The van der Waals surface area contributed by atoms with Crippen LogP contribution in [-0.4, -0.2) is 52.8 Å². The molecule has 1 aromatic carbocycles. The molecule has 0 bridgehead atoms. The van der Waals surface area contributed by atoms with Gasteiger partial charge in [0.25, 0.3) is 0 Å². The Kier molecular flexibility index (Phi) is 9.69. The van der Waals surface area contributed by atoms with Crippen molar-refractivity contribution in [3.63, 3.8) is 0 Å². The summed E-state index contributed by atoms with van der Waals surface area (Å²) in [6.07, 6.45) is 3.26. The molecule has 3 heterocycles. The first-order chi connectivity index (χ1) is 19.6. The average molecular weight is 613 g/mol. The van der Waals surface area contributed by atoms with E-state index in [2.05, 4.69) is 65.3 Å². The minimum Gasteiger partial charge on any atom is -0.444 e. The summed E-state index contributed by atoms with van der Waals surface area (Å²) in [6, 6.07) is 11.9. The molecule has 1 aliphatic heterocycles.